The van der Waals surface area contributed by atoms with Crippen molar-refractivity contribution in [3.05, 3.63) is 76.9 Å². The average molecular weight is 430 g/mol. The van der Waals surface area contributed by atoms with Crippen molar-refractivity contribution in [1.82, 2.24) is 10.3 Å². The summed E-state index contributed by atoms with van der Waals surface area (Å²) >= 11 is 5.88. The molecule has 0 saturated heterocycles. The summed E-state index contributed by atoms with van der Waals surface area (Å²) < 4.78 is 29.0. The van der Waals surface area contributed by atoms with Gasteiger partial charge in [-0.3, -0.25) is 9.78 Å². The van der Waals surface area contributed by atoms with Crippen LogP contribution in [0.2, 0.25) is 5.02 Å². The Bertz CT molecular complexity index is 1070. The minimum Gasteiger partial charge on any atom is -0.433 e. The Balaban J connectivity index is 1.51. The van der Waals surface area contributed by atoms with Gasteiger partial charge in [0.05, 0.1) is 23.1 Å². The summed E-state index contributed by atoms with van der Waals surface area (Å²) in [4.78, 5) is 16.7. The van der Waals surface area contributed by atoms with Crippen molar-refractivity contribution in [2.45, 2.75) is 25.0 Å². The molecule has 5 nitrogen and oxygen atoms in total. The fourth-order valence-corrected chi connectivity index (χ4v) is 3.44. The molecule has 1 aromatic heterocycles. The van der Waals surface area contributed by atoms with Crippen LogP contribution in [0.4, 0.5) is 14.5 Å². The van der Waals surface area contributed by atoms with E-state index in [0.29, 0.717) is 16.3 Å². The van der Waals surface area contributed by atoms with E-state index in [2.05, 4.69) is 15.0 Å². The van der Waals surface area contributed by atoms with Crippen LogP contribution in [0, 0.1) is 0 Å². The molecule has 3 aromatic rings. The largest absolute Gasteiger partial charge is 0.433 e. The fraction of sp³-hybridized carbons (Fsp3) is 0.182. The van der Waals surface area contributed by atoms with Gasteiger partial charge < -0.3 is 15.8 Å². The zero-order valence-corrected chi connectivity index (χ0v) is 16.5. The number of rotatable bonds is 6. The van der Waals surface area contributed by atoms with Crippen LogP contribution in [-0.2, 0) is 5.54 Å². The number of hydrogen-bond acceptors (Lipinski definition) is 4. The minimum atomic E-state index is -2.94. The standard InChI is InChI=1S/C22H18ClF2N3O2/c23-16-7-3-14(4-8-16)20(29)28-22(9-10-22)15-5-1-13(2-6-15)19-18(26)11-17(12-27-19)30-21(24)25/h1-8,11-12,21H,9-10,26H2,(H,28,29). The molecular formula is C22H18ClF2N3O2. The summed E-state index contributed by atoms with van der Waals surface area (Å²) in [6, 6.07) is 15.6. The molecule has 0 radical (unpaired) electrons. The average Bonchev–Trinajstić information content (AvgIpc) is 3.49. The summed E-state index contributed by atoms with van der Waals surface area (Å²) in [7, 11) is 0. The molecule has 0 atom stereocenters. The third kappa shape index (κ3) is 4.21. The third-order valence-electron chi connectivity index (χ3n) is 5.04. The molecule has 1 fully saturated rings. The Morgan fingerprint density at radius 1 is 1.13 bits per heavy atom. The van der Waals surface area contributed by atoms with E-state index in [1.54, 1.807) is 24.3 Å². The van der Waals surface area contributed by atoms with Crippen LogP contribution in [-0.4, -0.2) is 17.5 Å². The lowest BCUT2D eigenvalue weighted by atomic mass is 10.0. The van der Waals surface area contributed by atoms with Gasteiger partial charge in [-0.15, -0.1) is 0 Å². The molecule has 1 saturated carbocycles. The number of anilines is 1. The van der Waals surface area contributed by atoms with Gasteiger partial charge in [-0.1, -0.05) is 35.9 Å². The highest BCUT2D eigenvalue weighted by molar-refractivity contribution is 6.30. The van der Waals surface area contributed by atoms with E-state index in [1.165, 1.54) is 12.3 Å². The topological polar surface area (TPSA) is 77.2 Å². The number of nitrogens with two attached hydrogens (primary N) is 1. The highest BCUT2D eigenvalue weighted by Gasteiger charge is 2.45. The number of nitrogens with one attached hydrogen (secondary N) is 1. The monoisotopic (exact) mass is 429 g/mol. The van der Waals surface area contributed by atoms with Crippen LogP contribution in [0.25, 0.3) is 11.3 Å². The van der Waals surface area contributed by atoms with Crippen molar-refractivity contribution >= 4 is 23.2 Å². The molecule has 2 aromatic carbocycles. The maximum absolute atomic E-state index is 12.6. The van der Waals surface area contributed by atoms with Crippen molar-refractivity contribution in [2.24, 2.45) is 0 Å². The van der Waals surface area contributed by atoms with Gasteiger partial charge >= 0.3 is 6.61 Å². The smallest absolute Gasteiger partial charge is 0.387 e. The van der Waals surface area contributed by atoms with Crippen LogP contribution in [0.5, 0.6) is 5.75 Å². The molecule has 3 N–H and O–H groups in total. The summed E-state index contributed by atoms with van der Waals surface area (Å²) in [5.41, 5.74) is 8.52. The van der Waals surface area contributed by atoms with Gasteiger partial charge in [0.25, 0.3) is 5.91 Å². The summed E-state index contributed by atoms with van der Waals surface area (Å²) in [6.07, 6.45) is 2.89. The van der Waals surface area contributed by atoms with Gasteiger partial charge in [-0.05, 0) is 42.7 Å². The van der Waals surface area contributed by atoms with Gasteiger partial charge in [-0.2, -0.15) is 8.78 Å². The highest BCUT2D eigenvalue weighted by Crippen LogP contribution is 2.46. The van der Waals surface area contributed by atoms with Crippen molar-refractivity contribution in [1.29, 1.82) is 0 Å². The molecule has 0 spiro atoms. The van der Waals surface area contributed by atoms with Gasteiger partial charge in [0.2, 0.25) is 0 Å². The number of hydrogen-bond donors (Lipinski definition) is 2. The Hall–Kier alpha value is -3.19. The molecule has 1 heterocycles. The molecule has 8 heteroatoms. The lowest BCUT2D eigenvalue weighted by molar-refractivity contribution is -0.0500. The number of amides is 1. The van der Waals surface area contributed by atoms with Crippen molar-refractivity contribution in [3.8, 4) is 17.0 Å². The van der Waals surface area contributed by atoms with Crippen LogP contribution in [0.3, 0.4) is 0 Å². The lowest BCUT2D eigenvalue weighted by Crippen LogP contribution is -2.34. The van der Waals surface area contributed by atoms with Crippen LogP contribution in [0.15, 0.2) is 60.8 Å². The van der Waals surface area contributed by atoms with E-state index in [-0.39, 0.29) is 17.3 Å². The van der Waals surface area contributed by atoms with E-state index >= 15 is 0 Å². The number of halogens is 3. The van der Waals surface area contributed by atoms with Crippen LogP contribution < -0.4 is 15.8 Å². The first-order valence-electron chi connectivity index (χ1n) is 9.26. The highest BCUT2D eigenvalue weighted by atomic mass is 35.5. The van der Waals surface area contributed by atoms with Crippen molar-refractivity contribution < 1.29 is 18.3 Å². The maximum Gasteiger partial charge on any atom is 0.387 e. The Kier molecular flexibility index (Phi) is 5.30. The summed E-state index contributed by atoms with van der Waals surface area (Å²) in [5.74, 6) is -0.251. The number of alkyl halides is 2. The van der Waals surface area contributed by atoms with E-state index < -0.39 is 12.2 Å². The zero-order chi connectivity index (χ0) is 21.3. The van der Waals surface area contributed by atoms with E-state index in [9.17, 15) is 13.6 Å². The Labute approximate surface area is 176 Å². The Morgan fingerprint density at radius 3 is 2.37 bits per heavy atom. The number of pyridine rings is 1. The first kappa shape index (κ1) is 20.1. The number of ether oxygens (including phenoxy) is 1. The van der Waals surface area contributed by atoms with Gasteiger partial charge in [-0.25, -0.2) is 0 Å². The predicted octanol–water partition coefficient (Wildman–Crippen LogP) is 5.00. The van der Waals surface area contributed by atoms with Crippen molar-refractivity contribution in [3.63, 3.8) is 0 Å². The summed E-state index contributed by atoms with van der Waals surface area (Å²) in [5, 5.41) is 3.68. The van der Waals surface area contributed by atoms with Gasteiger partial charge in [0, 0.05) is 22.2 Å². The molecule has 1 amide bonds. The van der Waals surface area contributed by atoms with Crippen molar-refractivity contribution in [2.75, 3.05) is 5.73 Å². The first-order chi connectivity index (χ1) is 14.4. The zero-order valence-electron chi connectivity index (χ0n) is 15.7. The first-order valence-corrected chi connectivity index (χ1v) is 9.63. The fourth-order valence-electron chi connectivity index (χ4n) is 3.32. The number of aromatic nitrogens is 1. The maximum atomic E-state index is 12.6. The number of benzene rings is 2. The Morgan fingerprint density at radius 2 is 1.80 bits per heavy atom. The molecule has 0 aliphatic heterocycles. The molecule has 1 aliphatic rings. The quantitative estimate of drug-likeness (QED) is 0.577. The predicted molar refractivity (Wildman–Crippen MR) is 111 cm³/mol. The molecular weight excluding hydrogens is 412 g/mol. The molecule has 4 rings (SSSR count). The third-order valence-corrected chi connectivity index (χ3v) is 5.29. The van der Waals surface area contributed by atoms with Gasteiger partial charge in [0.15, 0.2) is 0 Å². The molecule has 30 heavy (non-hydrogen) atoms. The minimum absolute atomic E-state index is 0.0929. The second kappa shape index (κ2) is 7.91. The second-order valence-corrected chi connectivity index (χ2v) is 7.54. The number of carbonyl (C=O) groups is 1. The van der Waals surface area contributed by atoms with Crippen LogP contribution in [0.1, 0.15) is 28.8 Å². The molecule has 0 bridgehead atoms. The number of nitrogen functional groups attached to an aromatic ring is 1. The lowest BCUT2D eigenvalue weighted by Gasteiger charge is -2.19. The van der Waals surface area contributed by atoms with Gasteiger partial charge in [0.1, 0.15) is 5.75 Å². The summed E-state index contributed by atoms with van der Waals surface area (Å²) in [6.45, 7) is -2.94. The van der Waals surface area contributed by atoms with E-state index in [0.717, 1.165) is 24.0 Å². The van der Waals surface area contributed by atoms with E-state index in [1.807, 2.05) is 24.3 Å². The molecule has 154 valence electrons. The number of carbonyl (C=O) groups excluding carboxylic acids is 1. The second-order valence-electron chi connectivity index (χ2n) is 7.11. The molecule has 0 unspecified atom stereocenters. The van der Waals surface area contributed by atoms with E-state index in [4.69, 9.17) is 17.3 Å². The normalized spacial score (nSPS) is 14.4. The molecule has 1 aliphatic carbocycles. The SMILES string of the molecule is Nc1cc(OC(F)F)cnc1-c1ccc(C2(NC(=O)c3ccc(Cl)cc3)CC2)cc1. The van der Waals surface area contributed by atoms with Crippen LogP contribution >= 0.6 is 11.6 Å². The number of nitrogens with zero attached hydrogens (tertiary/aromatic N) is 1.